The van der Waals surface area contributed by atoms with E-state index in [1.807, 2.05) is 0 Å². The molecule has 0 saturated heterocycles. The van der Waals surface area contributed by atoms with Gasteiger partial charge in [0.2, 0.25) is 0 Å². The molecule has 0 aromatic carbocycles. The molecular weight excluding hydrogens is 665 g/mol. The standard InChI is InChI=1S/C49H98N2O3/c1-7-10-13-16-19-28-37-46-53-47(4)38-29-22-20-26-33-43-51(45-36-35-42-50(5)6)44-34-27-21-25-32-41-49(52)54-48(39-30-23-17-14-11-8-2)40-31-24-18-15-12-9-3/h48H,4,7-46H2,1-3,5-6H3. The van der Waals surface area contributed by atoms with E-state index >= 15 is 0 Å². The molecule has 0 aliphatic carbocycles. The summed E-state index contributed by atoms with van der Waals surface area (Å²) in [5.74, 6) is 1.05. The molecule has 54 heavy (non-hydrogen) atoms. The van der Waals surface area contributed by atoms with Gasteiger partial charge in [-0.15, -0.1) is 0 Å². The minimum Gasteiger partial charge on any atom is -0.499 e. The molecule has 0 aliphatic heterocycles. The van der Waals surface area contributed by atoms with E-state index in [0.717, 1.165) is 44.5 Å². The molecule has 0 N–H and O–H groups in total. The number of carbonyl (C=O) groups is 1. The average molecular weight is 763 g/mol. The van der Waals surface area contributed by atoms with Gasteiger partial charge in [-0.05, 0) is 111 Å². The van der Waals surface area contributed by atoms with Crippen molar-refractivity contribution in [2.24, 2.45) is 0 Å². The number of nitrogens with zero attached hydrogens (tertiary/aromatic N) is 2. The summed E-state index contributed by atoms with van der Waals surface area (Å²) in [5, 5.41) is 0. The Kier molecular flexibility index (Phi) is 42.2. The topological polar surface area (TPSA) is 42.0 Å². The summed E-state index contributed by atoms with van der Waals surface area (Å²) in [6.45, 7) is 16.7. The van der Waals surface area contributed by atoms with Gasteiger partial charge in [0, 0.05) is 12.8 Å². The van der Waals surface area contributed by atoms with Gasteiger partial charge < -0.3 is 19.3 Å². The van der Waals surface area contributed by atoms with Crippen LogP contribution in [0.3, 0.4) is 0 Å². The second-order valence-electron chi connectivity index (χ2n) is 17.1. The van der Waals surface area contributed by atoms with E-state index in [9.17, 15) is 4.79 Å². The first kappa shape index (κ1) is 52.9. The predicted molar refractivity (Wildman–Crippen MR) is 239 cm³/mol. The molecule has 0 radical (unpaired) electrons. The Morgan fingerprint density at radius 1 is 0.463 bits per heavy atom. The normalized spacial score (nSPS) is 11.7. The van der Waals surface area contributed by atoms with Crippen molar-refractivity contribution in [3.63, 3.8) is 0 Å². The van der Waals surface area contributed by atoms with Crippen molar-refractivity contribution in [3.05, 3.63) is 12.3 Å². The molecule has 0 aromatic rings. The zero-order valence-electron chi connectivity index (χ0n) is 37.7. The second kappa shape index (κ2) is 43.1. The van der Waals surface area contributed by atoms with Crippen LogP contribution in [-0.2, 0) is 14.3 Å². The third-order valence-corrected chi connectivity index (χ3v) is 11.2. The first-order valence-corrected chi connectivity index (χ1v) is 24.3. The molecular formula is C49H98N2O3. The summed E-state index contributed by atoms with van der Waals surface area (Å²) in [4.78, 5) is 17.9. The van der Waals surface area contributed by atoms with Gasteiger partial charge in [-0.1, -0.05) is 169 Å². The number of carbonyl (C=O) groups excluding carboxylic acids is 1. The number of hydrogen-bond acceptors (Lipinski definition) is 5. The molecule has 0 heterocycles. The summed E-state index contributed by atoms with van der Waals surface area (Å²) >= 11 is 0. The maximum atomic E-state index is 12.8. The third kappa shape index (κ3) is 40.6. The van der Waals surface area contributed by atoms with Crippen LogP contribution in [0.2, 0.25) is 0 Å². The fraction of sp³-hybridized carbons (Fsp3) is 0.939. The number of ether oxygens (including phenoxy) is 2. The van der Waals surface area contributed by atoms with Crippen molar-refractivity contribution in [3.8, 4) is 0 Å². The van der Waals surface area contributed by atoms with Gasteiger partial charge >= 0.3 is 5.97 Å². The molecule has 322 valence electrons. The van der Waals surface area contributed by atoms with Gasteiger partial charge in [-0.25, -0.2) is 0 Å². The zero-order valence-corrected chi connectivity index (χ0v) is 37.7. The molecule has 0 rings (SSSR count). The number of allylic oxidation sites excluding steroid dienone is 1. The quantitative estimate of drug-likeness (QED) is 0.0351. The maximum absolute atomic E-state index is 12.8. The van der Waals surface area contributed by atoms with Crippen LogP contribution in [-0.4, -0.2) is 68.8 Å². The van der Waals surface area contributed by atoms with E-state index in [1.165, 1.54) is 212 Å². The summed E-state index contributed by atoms with van der Waals surface area (Å²) in [7, 11) is 4.36. The molecule has 0 aliphatic rings. The van der Waals surface area contributed by atoms with Crippen LogP contribution in [0.5, 0.6) is 0 Å². The van der Waals surface area contributed by atoms with E-state index in [-0.39, 0.29) is 12.1 Å². The van der Waals surface area contributed by atoms with Crippen LogP contribution in [0, 0.1) is 0 Å². The van der Waals surface area contributed by atoms with Crippen LogP contribution in [0.4, 0.5) is 0 Å². The number of rotatable bonds is 45. The van der Waals surface area contributed by atoms with Crippen molar-refractivity contribution < 1.29 is 14.3 Å². The Balaban J connectivity index is 4.22. The van der Waals surface area contributed by atoms with Gasteiger partial charge in [0.05, 0.1) is 12.4 Å². The van der Waals surface area contributed by atoms with Gasteiger partial charge in [0.15, 0.2) is 0 Å². The first-order chi connectivity index (χ1) is 26.4. The lowest BCUT2D eigenvalue weighted by atomic mass is 10.0. The molecule has 0 fully saturated rings. The molecule has 5 heteroatoms. The molecule has 0 amide bonds. The van der Waals surface area contributed by atoms with Crippen LogP contribution >= 0.6 is 0 Å². The fourth-order valence-electron chi connectivity index (χ4n) is 7.58. The summed E-state index contributed by atoms with van der Waals surface area (Å²) in [6.07, 6.45) is 43.7. The average Bonchev–Trinajstić information content (AvgIpc) is 3.15. The van der Waals surface area contributed by atoms with Crippen LogP contribution < -0.4 is 0 Å². The Hall–Kier alpha value is -1.07. The second-order valence-corrected chi connectivity index (χ2v) is 17.1. The Morgan fingerprint density at radius 2 is 0.833 bits per heavy atom. The van der Waals surface area contributed by atoms with Crippen LogP contribution in [0.15, 0.2) is 12.3 Å². The van der Waals surface area contributed by atoms with Gasteiger partial charge in [0.25, 0.3) is 0 Å². The minimum atomic E-state index is 0.0536. The molecule has 5 nitrogen and oxygen atoms in total. The summed E-state index contributed by atoms with van der Waals surface area (Å²) in [6, 6.07) is 0. The van der Waals surface area contributed by atoms with Gasteiger partial charge in [-0.2, -0.15) is 0 Å². The maximum Gasteiger partial charge on any atom is 0.306 e. The monoisotopic (exact) mass is 763 g/mol. The highest BCUT2D eigenvalue weighted by atomic mass is 16.5. The first-order valence-electron chi connectivity index (χ1n) is 24.3. The minimum absolute atomic E-state index is 0.0536. The number of esters is 1. The lowest BCUT2D eigenvalue weighted by Gasteiger charge is -2.23. The van der Waals surface area contributed by atoms with Crippen molar-refractivity contribution >= 4 is 5.97 Å². The van der Waals surface area contributed by atoms with Gasteiger partial charge in [0.1, 0.15) is 6.10 Å². The Bertz CT molecular complexity index is 756. The Morgan fingerprint density at radius 3 is 1.31 bits per heavy atom. The van der Waals surface area contributed by atoms with Crippen LogP contribution in [0.25, 0.3) is 0 Å². The van der Waals surface area contributed by atoms with Crippen molar-refractivity contribution in [2.45, 2.75) is 252 Å². The highest BCUT2D eigenvalue weighted by molar-refractivity contribution is 5.69. The lowest BCUT2D eigenvalue weighted by Crippen LogP contribution is -2.28. The molecule has 0 unspecified atom stereocenters. The van der Waals surface area contributed by atoms with Crippen LogP contribution in [0.1, 0.15) is 245 Å². The fourth-order valence-corrected chi connectivity index (χ4v) is 7.58. The van der Waals surface area contributed by atoms with Crippen molar-refractivity contribution in [1.29, 1.82) is 0 Å². The highest BCUT2D eigenvalue weighted by Gasteiger charge is 2.14. The SMILES string of the molecule is C=C(CCCCCCCN(CCCCCCCC(=O)OC(CCCCCCCC)CCCCCCCC)CCCCN(C)C)OCCCCCCCCC. The molecule has 0 spiro atoms. The summed E-state index contributed by atoms with van der Waals surface area (Å²) in [5.41, 5.74) is 0. The van der Waals surface area contributed by atoms with E-state index in [4.69, 9.17) is 9.47 Å². The van der Waals surface area contributed by atoms with Gasteiger partial charge in [-0.3, -0.25) is 4.79 Å². The zero-order chi connectivity index (χ0) is 39.6. The number of unbranched alkanes of at least 4 members (excludes halogenated alkanes) is 25. The predicted octanol–water partition coefficient (Wildman–Crippen LogP) is 15.0. The number of hydrogen-bond donors (Lipinski definition) is 0. The molecule has 0 aromatic heterocycles. The smallest absolute Gasteiger partial charge is 0.306 e. The Labute approximate surface area is 339 Å². The van der Waals surface area contributed by atoms with E-state index in [2.05, 4.69) is 51.2 Å². The van der Waals surface area contributed by atoms with Crippen molar-refractivity contribution in [2.75, 3.05) is 46.9 Å². The molecule has 0 bridgehead atoms. The third-order valence-electron chi connectivity index (χ3n) is 11.2. The summed E-state index contributed by atoms with van der Waals surface area (Å²) < 4.78 is 12.0. The molecule has 0 saturated carbocycles. The van der Waals surface area contributed by atoms with E-state index in [0.29, 0.717) is 6.42 Å². The highest BCUT2D eigenvalue weighted by Crippen LogP contribution is 2.19. The largest absolute Gasteiger partial charge is 0.499 e. The van der Waals surface area contributed by atoms with E-state index in [1.54, 1.807) is 0 Å². The lowest BCUT2D eigenvalue weighted by molar-refractivity contribution is -0.150. The van der Waals surface area contributed by atoms with Crippen molar-refractivity contribution in [1.82, 2.24) is 9.80 Å². The molecule has 0 atom stereocenters. The van der Waals surface area contributed by atoms with E-state index < -0.39 is 0 Å².